The molecule has 1 heterocycles. The van der Waals surface area contributed by atoms with E-state index in [-0.39, 0.29) is 43.0 Å². The van der Waals surface area contributed by atoms with Gasteiger partial charge in [-0.1, -0.05) is 0 Å². The number of benzene rings is 2. The van der Waals surface area contributed by atoms with Crippen LogP contribution in [0.25, 0.3) is 0 Å². The summed E-state index contributed by atoms with van der Waals surface area (Å²) in [7, 11) is 0. The van der Waals surface area contributed by atoms with Crippen molar-refractivity contribution in [3.05, 3.63) is 59.9 Å². The molecule has 1 N–H and O–H groups in total. The van der Waals surface area contributed by atoms with E-state index >= 15 is 0 Å². The van der Waals surface area contributed by atoms with Gasteiger partial charge in [0.15, 0.2) is 5.78 Å². The van der Waals surface area contributed by atoms with Crippen LogP contribution in [0.4, 0.5) is 10.1 Å². The van der Waals surface area contributed by atoms with Crippen LogP contribution in [0.5, 0.6) is 5.75 Å². The Bertz CT molecular complexity index is 752. The highest BCUT2D eigenvalue weighted by Crippen LogP contribution is 2.17. The fourth-order valence-corrected chi connectivity index (χ4v) is 3.17. The number of hydrogen-bond donors (Lipinski definition) is 1. The summed E-state index contributed by atoms with van der Waals surface area (Å²) in [4.78, 5) is 15.7. The molecule has 0 aromatic heterocycles. The molecule has 5 nitrogen and oxygen atoms in total. The summed E-state index contributed by atoms with van der Waals surface area (Å²) in [5.74, 6) is 0.429. The van der Waals surface area contributed by atoms with Crippen molar-refractivity contribution in [2.24, 2.45) is 0 Å². The normalized spacial score (nSPS) is 15.1. The molecule has 0 radical (unpaired) electrons. The quantitative estimate of drug-likeness (QED) is 0.662. The minimum atomic E-state index is -0.588. The van der Waals surface area contributed by atoms with Crippen molar-refractivity contribution in [2.75, 3.05) is 44.2 Å². The Balaban J connectivity index is 0.00000210. The fourth-order valence-electron chi connectivity index (χ4n) is 3.17. The molecular weight excluding hydrogens is 418 g/mol. The molecule has 2 aromatic carbocycles. The van der Waals surface area contributed by atoms with Gasteiger partial charge in [0.2, 0.25) is 0 Å². The van der Waals surface area contributed by atoms with Crippen molar-refractivity contribution in [1.29, 1.82) is 0 Å². The predicted octanol–water partition coefficient (Wildman–Crippen LogP) is 3.43. The number of aliphatic hydroxyl groups excluding tert-OH is 1. The Morgan fingerprint density at radius 2 is 1.62 bits per heavy atom. The van der Waals surface area contributed by atoms with Crippen molar-refractivity contribution in [3.8, 4) is 5.75 Å². The molecule has 0 aliphatic carbocycles. The molecule has 3 rings (SSSR count). The van der Waals surface area contributed by atoms with Gasteiger partial charge in [0.25, 0.3) is 0 Å². The van der Waals surface area contributed by atoms with Gasteiger partial charge >= 0.3 is 0 Å². The summed E-state index contributed by atoms with van der Waals surface area (Å²) in [6.07, 6.45) is -0.588. The highest BCUT2D eigenvalue weighted by Gasteiger charge is 2.19. The topological polar surface area (TPSA) is 53.0 Å². The second kappa shape index (κ2) is 12.0. The van der Waals surface area contributed by atoms with Gasteiger partial charge < -0.3 is 14.7 Å². The van der Waals surface area contributed by atoms with Crippen LogP contribution in [0.1, 0.15) is 17.3 Å². The van der Waals surface area contributed by atoms with E-state index in [9.17, 15) is 14.3 Å². The first kappa shape index (κ1) is 25.2. The lowest BCUT2D eigenvalue weighted by molar-refractivity contribution is 0.0663. The monoisotopic (exact) mass is 444 g/mol. The van der Waals surface area contributed by atoms with Gasteiger partial charge in [-0.3, -0.25) is 9.69 Å². The number of Topliss-reactive ketones (excluding diaryl/α,β-unsaturated/α-hetero) is 1. The third kappa shape index (κ3) is 7.48. The van der Waals surface area contributed by atoms with Crippen LogP contribution in [0, 0.1) is 5.82 Å². The molecule has 160 valence electrons. The molecule has 1 fully saturated rings. The molecule has 8 heteroatoms. The minimum absolute atomic E-state index is 0. The Hall–Kier alpha value is -1.86. The predicted molar refractivity (Wildman–Crippen MR) is 117 cm³/mol. The Labute approximate surface area is 183 Å². The first-order chi connectivity index (χ1) is 13.0. The second-order valence-corrected chi connectivity index (χ2v) is 6.81. The zero-order valence-corrected chi connectivity index (χ0v) is 17.9. The highest BCUT2D eigenvalue weighted by atomic mass is 35.5. The lowest BCUT2D eigenvalue weighted by Gasteiger charge is -2.36. The first-order valence-electron chi connectivity index (χ1n) is 9.16. The summed E-state index contributed by atoms with van der Waals surface area (Å²) in [6, 6.07) is 13.5. The molecule has 1 unspecified atom stereocenters. The Morgan fingerprint density at radius 3 is 2.17 bits per heavy atom. The second-order valence-electron chi connectivity index (χ2n) is 6.81. The number of anilines is 1. The van der Waals surface area contributed by atoms with Gasteiger partial charge in [0.1, 0.15) is 24.3 Å². The average Bonchev–Trinajstić information content (AvgIpc) is 2.68. The molecule has 1 saturated heterocycles. The molecule has 1 atom stereocenters. The number of ketones is 1. The summed E-state index contributed by atoms with van der Waals surface area (Å²) in [5.41, 5.74) is 1.66. The van der Waals surface area contributed by atoms with Crippen molar-refractivity contribution < 1.29 is 19.0 Å². The number of carbonyl (C=O) groups excluding carboxylic acids is 1. The summed E-state index contributed by atoms with van der Waals surface area (Å²) < 4.78 is 18.6. The number of piperazine rings is 1. The molecule has 29 heavy (non-hydrogen) atoms. The molecule has 0 spiro atoms. The van der Waals surface area contributed by atoms with Gasteiger partial charge in [-0.05, 0) is 55.5 Å². The van der Waals surface area contributed by atoms with Crippen molar-refractivity contribution in [1.82, 2.24) is 4.90 Å². The smallest absolute Gasteiger partial charge is 0.159 e. The van der Waals surface area contributed by atoms with E-state index in [0.29, 0.717) is 17.9 Å². The van der Waals surface area contributed by atoms with Crippen LogP contribution < -0.4 is 9.64 Å². The van der Waals surface area contributed by atoms with Gasteiger partial charge in [0.05, 0.1) is 0 Å². The molecule has 1 aliphatic rings. The van der Waals surface area contributed by atoms with E-state index in [4.69, 9.17) is 4.74 Å². The van der Waals surface area contributed by atoms with E-state index < -0.39 is 6.10 Å². The van der Waals surface area contributed by atoms with E-state index in [1.165, 1.54) is 19.1 Å². The summed E-state index contributed by atoms with van der Waals surface area (Å²) in [5, 5.41) is 10.2. The van der Waals surface area contributed by atoms with Crippen LogP contribution >= 0.6 is 24.8 Å². The number of hydrogen-bond acceptors (Lipinski definition) is 5. The molecular formula is C21H27Cl2FN2O3. The third-order valence-corrected chi connectivity index (χ3v) is 4.74. The molecule has 2 aromatic rings. The lowest BCUT2D eigenvalue weighted by atomic mass is 10.1. The third-order valence-electron chi connectivity index (χ3n) is 4.74. The molecule has 0 bridgehead atoms. The van der Waals surface area contributed by atoms with Crippen LogP contribution in [-0.4, -0.2) is 61.2 Å². The number of halogens is 3. The summed E-state index contributed by atoms with van der Waals surface area (Å²) in [6.45, 7) is 5.62. The first-order valence-corrected chi connectivity index (χ1v) is 9.16. The van der Waals surface area contributed by atoms with Crippen LogP contribution in [0.3, 0.4) is 0 Å². The maximum atomic E-state index is 13.0. The largest absolute Gasteiger partial charge is 0.491 e. The standard InChI is InChI=1S/C21H25FN2O3.2ClH/c1-16(25)17-2-8-21(9-3-17)27-15-20(26)14-23-10-12-24(13-11-23)19-6-4-18(22)5-7-19;;/h2-9,20,26H,10-15H2,1H3;2*1H. The average molecular weight is 445 g/mol. The molecule has 0 amide bonds. The van der Waals surface area contributed by atoms with Crippen molar-refractivity contribution in [3.63, 3.8) is 0 Å². The van der Waals surface area contributed by atoms with Crippen LogP contribution in [0.15, 0.2) is 48.5 Å². The summed E-state index contributed by atoms with van der Waals surface area (Å²) >= 11 is 0. The zero-order valence-electron chi connectivity index (χ0n) is 16.3. The molecule has 1 aliphatic heterocycles. The SMILES string of the molecule is CC(=O)c1ccc(OCC(O)CN2CCN(c3ccc(F)cc3)CC2)cc1.Cl.Cl. The number of β-amino-alcohol motifs (C(OH)–C–C–N with tert-alkyl or cyclic N) is 1. The maximum Gasteiger partial charge on any atom is 0.159 e. The van der Waals surface area contributed by atoms with Gasteiger partial charge in [-0.25, -0.2) is 4.39 Å². The number of rotatable bonds is 7. The highest BCUT2D eigenvalue weighted by molar-refractivity contribution is 5.94. The van der Waals surface area contributed by atoms with E-state index in [1.54, 1.807) is 36.4 Å². The number of carbonyl (C=O) groups is 1. The number of nitrogens with zero attached hydrogens (tertiary/aromatic N) is 2. The zero-order chi connectivity index (χ0) is 19.2. The van der Waals surface area contributed by atoms with E-state index in [2.05, 4.69) is 9.80 Å². The number of aliphatic hydroxyl groups is 1. The van der Waals surface area contributed by atoms with Crippen molar-refractivity contribution in [2.45, 2.75) is 13.0 Å². The van der Waals surface area contributed by atoms with E-state index in [1.807, 2.05) is 0 Å². The molecule has 0 saturated carbocycles. The van der Waals surface area contributed by atoms with E-state index in [0.717, 1.165) is 31.9 Å². The Kier molecular flexibility index (Phi) is 10.4. The number of ether oxygens (including phenoxy) is 1. The van der Waals surface area contributed by atoms with Crippen LogP contribution in [-0.2, 0) is 0 Å². The lowest BCUT2D eigenvalue weighted by Crippen LogP contribution is -2.49. The van der Waals surface area contributed by atoms with Gasteiger partial charge in [-0.15, -0.1) is 24.8 Å². The van der Waals surface area contributed by atoms with Crippen molar-refractivity contribution >= 4 is 36.3 Å². The maximum absolute atomic E-state index is 13.0. The Morgan fingerprint density at radius 1 is 1.03 bits per heavy atom. The van der Waals surface area contributed by atoms with Gasteiger partial charge in [0, 0.05) is 44.0 Å². The minimum Gasteiger partial charge on any atom is -0.491 e. The van der Waals surface area contributed by atoms with Crippen LogP contribution in [0.2, 0.25) is 0 Å². The van der Waals surface area contributed by atoms with Gasteiger partial charge in [-0.2, -0.15) is 0 Å². The fraction of sp³-hybridized carbons (Fsp3) is 0.381.